The second-order valence-electron chi connectivity index (χ2n) is 3.94. The maximum absolute atomic E-state index is 11.9. The fraction of sp³-hybridized carbons (Fsp3) is 0. The van der Waals surface area contributed by atoms with Gasteiger partial charge < -0.3 is 9.29 Å². The highest BCUT2D eigenvalue weighted by Gasteiger charge is 2.17. The van der Waals surface area contributed by atoms with Crippen LogP contribution in [-0.4, -0.2) is 21.9 Å². The Morgan fingerprint density at radius 3 is 1.76 bits per heavy atom. The van der Waals surface area contributed by atoms with Gasteiger partial charge in [-0.05, 0) is 48.5 Å². The summed E-state index contributed by atoms with van der Waals surface area (Å²) in [4.78, 5) is -0.312. The lowest BCUT2D eigenvalue weighted by Crippen LogP contribution is -2.09. The molecule has 0 heterocycles. The number of aromatic hydroxyl groups is 1. The SMILES string of the molecule is O=S(=O)(Cl)c1ccc(OS(=O)(=O)c2ccc(O)cc2)cc1. The number of benzene rings is 2. The van der Waals surface area contributed by atoms with E-state index in [9.17, 15) is 16.8 Å². The van der Waals surface area contributed by atoms with E-state index in [0.717, 1.165) is 12.1 Å². The van der Waals surface area contributed by atoms with Crippen molar-refractivity contribution in [3.8, 4) is 11.5 Å². The average molecular weight is 349 g/mol. The highest BCUT2D eigenvalue weighted by Crippen LogP contribution is 2.23. The van der Waals surface area contributed by atoms with Crippen LogP contribution in [0.4, 0.5) is 0 Å². The van der Waals surface area contributed by atoms with Crippen molar-refractivity contribution in [2.75, 3.05) is 0 Å². The summed E-state index contributed by atoms with van der Waals surface area (Å²) in [6.45, 7) is 0. The fourth-order valence-electron chi connectivity index (χ4n) is 1.45. The topological polar surface area (TPSA) is 97.7 Å². The molecule has 0 saturated carbocycles. The summed E-state index contributed by atoms with van der Waals surface area (Å²) in [6.07, 6.45) is 0. The summed E-state index contributed by atoms with van der Waals surface area (Å²) >= 11 is 0. The van der Waals surface area contributed by atoms with E-state index in [1.165, 1.54) is 36.4 Å². The molecule has 0 spiro atoms. The van der Waals surface area contributed by atoms with Gasteiger partial charge in [0.2, 0.25) is 0 Å². The van der Waals surface area contributed by atoms with Crippen molar-refractivity contribution in [1.29, 1.82) is 0 Å². The van der Waals surface area contributed by atoms with E-state index in [0.29, 0.717) is 0 Å². The Morgan fingerprint density at radius 1 is 0.810 bits per heavy atom. The predicted octanol–water partition coefficient (Wildman–Crippen LogP) is 2.09. The van der Waals surface area contributed by atoms with Crippen molar-refractivity contribution in [2.24, 2.45) is 0 Å². The summed E-state index contributed by atoms with van der Waals surface area (Å²) in [5, 5.41) is 9.11. The summed E-state index contributed by atoms with van der Waals surface area (Å²) < 4.78 is 50.9. The number of phenols is 1. The minimum absolute atomic E-state index is 0.0628. The Bertz CT molecular complexity index is 840. The molecule has 2 aromatic rings. The van der Waals surface area contributed by atoms with Crippen molar-refractivity contribution < 1.29 is 26.1 Å². The molecule has 0 atom stereocenters. The Hall–Kier alpha value is -1.77. The molecule has 0 radical (unpaired) electrons. The lowest BCUT2D eigenvalue weighted by Gasteiger charge is -2.07. The largest absolute Gasteiger partial charge is 0.508 e. The third-order valence-corrected chi connectivity index (χ3v) is 5.07. The maximum atomic E-state index is 11.9. The fourth-order valence-corrected chi connectivity index (χ4v) is 3.15. The van der Waals surface area contributed by atoms with E-state index in [2.05, 4.69) is 0 Å². The molecule has 0 aliphatic carbocycles. The van der Waals surface area contributed by atoms with Crippen molar-refractivity contribution in [3.05, 3.63) is 48.5 Å². The van der Waals surface area contributed by atoms with Gasteiger partial charge in [-0.15, -0.1) is 0 Å². The highest BCUT2D eigenvalue weighted by atomic mass is 35.7. The van der Waals surface area contributed by atoms with Crippen molar-refractivity contribution in [2.45, 2.75) is 9.79 Å². The average Bonchev–Trinajstić information content (AvgIpc) is 2.38. The Kier molecular flexibility index (Phi) is 4.13. The minimum Gasteiger partial charge on any atom is -0.508 e. The maximum Gasteiger partial charge on any atom is 0.339 e. The highest BCUT2D eigenvalue weighted by molar-refractivity contribution is 8.13. The van der Waals surface area contributed by atoms with Gasteiger partial charge in [0, 0.05) is 10.7 Å². The third-order valence-electron chi connectivity index (χ3n) is 2.44. The summed E-state index contributed by atoms with van der Waals surface area (Å²) in [5.41, 5.74) is 0. The molecule has 0 aliphatic heterocycles. The molecule has 2 aromatic carbocycles. The number of halogens is 1. The second-order valence-corrected chi connectivity index (χ2v) is 8.05. The summed E-state index contributed by atoms with van der Waals surface area (Å²) in [5.74, 6) is -0.141. The van der Waals surface area contributed by atoms with Gasteiger partial charge in [-0.1, -0.05) is 0 Å². The van der Waals surface area contributed by atoms with E-state index in [4.69, 9.17) is 20.0 Å². The van der Waals surface area contributed by atoms with E-state index in [1.807, 2.05) is 0 Å². The number of phenolic OH excluding ortho intramolecular Hbond substituents is 1. The van der Waals surface area contributed by atoms with Crippen LogP contribution in [0, 0.1) is 0 Å². The van der Waals surface area contributed by atoms with Gasteiger partial charge in [-0.2, -0.15) is 8.42 Å². The first kappa shape index (κ1) is 15.6. The van der Waals surface area contributed by atoms with Crippen LogP contribution in [0.2, 0.25) is 0 Å². The minimum atomic E-state index is -4.07. The van der Waals surface area contributed by atoms with Crippen LogP contribution >= 0.6 is 10.7 Å². The van der Waals surface area contributed by atoms with Crippen LogP contribution in [0.1, 0.15) is 0 Å². The summed E-state index contributed by atoms with van der Waals surface area (Å²) in [6, 6.07) is 9.39. The van der Waals surface area contributed by atoms with Gasteiger partial charge in [-0.3, -0.25) is 0 Å². The third kappa shape index (κ3) is 3.87. The van der Waals surface area contributed by atoms with Crippen LogP contribution in [0.25, 0.3) is 0 Å². The number of rotatable bonds is 4. The molecule has 0 bridgehead atoms. The zero-order chi connectivity index (χ0) is 15.7. The van der Waals surface area contributed by atoms with Gasteiger partial charge >= 0.3 is 10.1 Å². The first-order valence-electron chi connectivity index (χ1n) is 5.47. The molecular formula is C12H9ClO6S2. The summed E-state index contributed by atoms with van der Waals surface area (Å²) in [7, 11) is -2.81. The first-order chi connectivity index (χ1) is 9.68. The number of hydrogen-bond donors (Lipinski definition) is 1. The molecule has 0 aromatic heterocycles. The van der Waals surface area contributed by atoms with E-state index in [1.54, 1.807) is 0 Å². The molecule has 0 unspecified atom stereocenters. The number of hydrogen-bond acceptors (Lipinski definition) is 6. The van der Waals surface area contributed by atoms with Crippen LogP contribution < -0.4 is 4.18 Å². The molecule has 0 aliphatic rings. The zero-order valence-electron chi connectivity index (χ0n) is 10.3. The predicted molar refractivity (Wildman–Crippen MR) is 75.4 cm³/mol. The van der Waals surface area contributed by atoms with Crippen LogP contribution in [0.3, 0.4) is 0 Å². The molecule has 0 fully saturated rings. The quantitative estimate of drug-likeness (QED) is 0.671. The standard InChI is InChI=1S/C12H9ClO6S2/c13-20(15,16)11-7-3-10(4-8-11)19-21(17,18)12-5-1-9(14)2-6-12/h1-8,14H. The van der Waals surface area contributed by atoms with E-state index < -0.39 is 19.2 Å². The second kappa shape index (κ2) is 5.55. The smallest absolute Gasteiger partial charge is 0.339 e. The molecule has 2 rings (SSSR count). The van der Waals surface area contributed by atoms with Crippen molar-refractivity contribution >= 4 is 29.9 Å². The van der Waals surface area contributed by atoms with Gasteiger partial charge in [0.25, 0.3) is 9.05 Å². The molecule has 9 heteroatoms. The molecule has 1 N–H and O–H groups in total. The molecular weight excluding hydrogens is 340 g/mol. The van der Waals surface area contributed by atoms with E-state index in [-0.39, 0.29) is 21.3 Å². The molecule has 112 valence electrons. The molecule has 0 amide bonds. The zero-order valence-corrected chi connectivity index (χ0v) is 12.7. The van der Waals surface area contributed by atoms with Crippen LogP contribution in [-0.2, 0) is 19.2 Å². The lowest BCUT2D eigenvalue weighted by atomic mass is 10.3. The van der Waals surface area contributed by atoms with Crippen molar-refractivity contribution in [3.63, 3.8) is 0 Å². The molecule has 21 heavy (non-hydrogen) atoms. The first-order valence-corrected chi connectivity index (χ1v) is 9.18. The van der Waals surface area contributed by atoms with Gasteiger partial charge in [0.1, 0.15) is 16.4 Å². The Labute approximate surface area is 126 Å². The van der Waals surface area contributed by atoms with E-state index >= 15 is 0 Å². The van der Waals surface area contributed by atoms with Gasteiger partial charge in [0.15, 0.2) is 0 Å². The Balaban J connectivity index is 2.27. The molecule has 0 saturated heterocycles. The van der Waals surface area contributed by atoms with Gasteiger partial charge in [-0.25, -0.2) is 8.42 Å². The Morgan fingerprint density at radius 2 is 1.29 bits per heavy atom. The van der Waals surface area contributed by atoms with Crippen molar-refractivity contribution in [1.82, 2.24) is 0 Å². The monoisotopic (exact) mass is 348 g/mol. The van der Waals surface area contributed by atoms with Crippen LogP contribution in [0.5, 0.6) is 11.5 Å². The molecule has 6 nitrogen and oxygen atoms in total. The van der Waals surface area contributed by atoms with Gasteiger partial charge in [0.05, 0.1) is 4.90 Å². The normalized spacial score (nSPS) is 12.0. The van der Waals surface area contributed by atoms with Crippen LogP contribution in [0.15, 0.2) is 58.3 Å². The lowest BCUT2D eigenvalue weighted by molar-refractivity contribution is 0.473.